The second kappa shape index (κ2) is 7.99. The topological polar surface area (TPSA) is 57.5 Å². The number of carboxylic acids is 1. The van der Waals surface area contributed by atoms with Gasteiger partial charge in [0.25, 0.3) is 0 Å². The van der Waals surface area contributed by atoms with Gasteiger partial charge in [-0.15, -0.1) is 0 Å². The minimum atomic E-state index is -0.947. The summed E-state index contributed by atoms with van der Waals surface area (Å²) in [5, 5.41) is 18.5. The maximum Gasteiger partial charge on any atom is 0.328 e. The highest BCUT2D eigenvalue weighted by molar-refractivity contribution is 5.81. The number of rotatable bonds is 3. The van der Waals surface area contributed by atoms with E-state index >= 15 is 0 Å². The Hall–Kier alpha value is -2.05. The summed E-state index contributed by atoms with van der Waals surface area (Å²) in [6.45, 7) is 9.93. The minimum Gasteiger partial charge on any atom is -0.478 e. The van der Waals surface area contributed by atoms with E-state index in [0.717, 1.165) is 29.2 Å². The third-order valence-electron chi connectivity index (χ3n) is 3.83. The predicted molar refractivity (Wildman–Crippen MR) is 93.8 cm³/mol. The lowest BCUT2D eigenvalue weighted by Crippen LogP contribution is -2.28. The van der Waals surface area contributed by atoms with Crippen LogP contribution < -0.4 is 0 Å². The second-order valence-corrected chi connectivity index (χ2v) is 6.79. The van der Waals surface area contributed by atoms with Gasteiger partial charge in [-0.1, -0.05) is 49.5 Å². The standard InChI is InChI=1S/C20H26O3/c1-14(7-6-8-15(2)11-19(22)23)9-10-18-16(3)12-17(21)13-20(18,4)5/h6-8,11,17,21H,12-13H2,1-5H3,(H,22,23)/b8-6+,14-7+,15-11-. The molecule has 2 N–H and O–H groups in total. The van der Waals surface area contributed by atoms with E-state index in [1.807, 2.05) is 19.9 Å². The molecule has 0 fully saturated rings. The highest BCUT2D eigenvalue weighted by atomic mass is 16.4. The summed E-state index contributed by atoms with van der Waals surface area (Å²) >= 11 is 0. The molecule has 1 rings (SSSR count). The molecule has 23 heavy (non-hydrogen) atoms. The zero-order chi connectivity index (χ0) is 17.6. The Morgan fingerprint density at radius 3 is 2.57 bits per heavy atom. The second-order valence-electron chi connectivity index (χ2n) is 6.79. The van der Waals surface area contributed by atoms with E-state index in [2.05, 4.69) is 25.7 Å². The molecule has 0 bridgehead atoms. The van der Waals surface area contributed by atoms with Gasteiger partial charge in [-0.05, 0) is 44.8 Å². The van der Waals surface area contributed by atoms with Gasteiger partial charge < -0.3 is 10.2 Å². The zero-order valence-corrected chi connectivity index (χ0v) is 14.6. The number of allylic oxidation sites excluding steroid dienone is 6. The van der Waals surface area contributed by atoms with Crippen molar-refractivity contribution in [2.75, 3.05) is 0 Å². The summed E-state index contributed by atoms with van der Waals surface area (Å²) in [5.74, 6) is 5.46. The fraction of sp³-hybridized carbons (Fsp3) is 0.450. The van der Waals surface area contributed by atoms with E-state index in [0.29, 0.717) is 12.0 Å². The third kappa shape index (κ3) is 6.30. The van der Waals surface area contributed by atoms with Crippen LogP contribution in [0.25, 0.3) is 0 Å². The number of carboxylic acid groups (broad SMARTS) is 1. The Balaban J connectivity index is 2.90. The Labute approximate surface area is 139 Å². The van der Waals surface area contributed by atoms with Gasteiger partial charge in [-0.2, -0.15) is 0 Å². The molecule has 1 unspecified atom stereocenters. The normalized spacial score (nSPS) is 22.1. The number of aliphatic carboxylic acids is 1. The van der Waals surface area contributed by atoms with Crippen LogP contribution >= 0.6 is 0 Å². The van der Waals surface area contributed by atoms with E-state index < -0.39 is 5.97 Å². The first-order valence-corrected chi connectivity index (χ1v) is 7.78. The molecule has 0 aromatic rings. The van der Waals surface area contributed by atoms with Crippen LogP contribution in [0.3, 0.4) is 0 Å². The number of carbonyl (C=O) groups is 1. The number of hydrogen-bond donors (Lipinski definition) is 2. The van der Waals surface area contributed by atoms with Crippen LogP contribution in [0.2, 0.25) is 0 Å². The summed E-state index contributed by atoms with van der Waals surface area (Å²) in [5.41, 5.74) is 3.75. The molecule has 0 aromatic carbocycles. The van der Waals surface area contributed by atoms with E-state index in [9.17, 15) is 9.90 Å². The van der Waals surface area contributed by atoms with Gasteiger partial charge in [-0.25, -0.2) is 4.79 Å². The molecule has 0 spiro atoms. The quantitative estimate of drug-likeness (QED) is 0.470. The van der Waals surface area contributed by atoms with Gasteiger partial charge in [0.1, 0.15) is 0 Å². The van der Waals surface area contributed by atoms with Crippen molar-refractivity contribution in [3.63, 3.8) is 0 Å². The molecular weight excluding hydrogens is 288 g/mol. The summed E-state index contributed by atoms with van der Waals surface area (Å²) in [6.07, 6.45) is 7.72. The van der Waals surface area contributed by atoms with E-state index in [4.69, 9.17) is 5.11 Å². The van der Waals surface area contributed by atoms with Gasteiger partial charge in [0, 0.05) is 17.1 Å². The first-order chi connectivity index (χ1) is 10.6. The predicted octanol–water partition coefficient (Wildman–Crippen LogP) is 4.02. The van der Waals surface area contributed by atoms with Crippen molar-refractivity contribution in [3.05, 3.63) is 46.6 Å². The molecule has 1 aliphatic rings. The van der Waals surface area contributed by atoms with Gasteiger partial charge >= 0.3 is 5.97 Å². The zero-order valence-electron chi connectivity index (χ0n) is 14.6. The smallest absolute Gasteiger partial charge is 0.328 e. The van der Waals surface area contributed by atoms with E-state index in [1.165, 1.54) is 0 Å². The van der Waals surface area contributed by atoms with Crippen molar-refractivity contribution >= 4 is 5.97 Å². The number of aliphatic hydroxyl groups excluding tert-OH is 1. The molecule has 0 amide bonds. The fourth-order valence-corrected chi connectivity index (χ4v) is 2.86. The lowest BCUT2D eigenvalue weighted by molar-refractivity contribution is -0.131. The molecule has 0 radical (unpaired) electrons. The molecule has 0 aliphatic heterocycles. The van der Waals surface area contributed by atoms with Gasteiger partial charge in [0.2, 0.25) is 0 Å². The molecule has 0 saturated heterocycles. The lowest BCUT2D eigenvalue weighted by atomic mass is 9.72. The van der Waals surface area contributed by atoms with Gasteiger partial charge in [0.05, 0.1) is 6.10 Å². The molecule has 0 heterocycles. The maximum atomic E-state index is 10.5. The molecule has 0 aromatic heterocycles. The highest BCUT2D eigenvalue weighted by Crippen LogP contribution is 2.39. The largest absolute Gasteiger partial charge is 0.478 e. The SMILES string of the molecule is CC1=C(C#C/C(C)=C/C=C/C(C)=C\C(=O)O)C(C)(C)CC(O)C1. The molecule has 1 atom stereocenters. The van der Waals surface area contributed by atoms with Crippen LogP contribution in [-0.4, -0.2) is 22.3 Å². The van der Waals surface area contributed by atoms with E-state index in [-0.39, 0.29) is 11.5 Å². The van der Waals surface area contributed by atoms with Crippen LogP contribution in [0.15, 0.2) is 46.6 Å². The lowest BCUT2D eigenvalue weighted by Gasteiger charge is -2.34. The number of aliphatic hydroxyl groups is 1. The maximum absolute atomic E-state index is 10.5. The van der Waals surface area contributed by atoms with Crippen molar-refractivity contribution in [2.24, 2.45) is 5.41 Å². The van der Waals surface area contributed by atoms with Crippen LogP contribution in [0.5, 0.6) is 0 Å². The molecule has 3 nitrogen and oxygen atoms in total. The van der Waals surface area contributed by atoms with Gasteiger partial charge in [0.15, 0.2) is 0 Å². The highest BCUT2D eigenvalue weighted by Gasteiger charge is 2.31. The third-order valence-corrected chi connectivity index (χ3v) is 3.83. The summed E-state index contributed by atoms with van der Waals surface area (Å²) in [6, 6.07) is 0. The molecule has 0 saturated carbocycles. The Morgan fingerprint density at radius 2 is 2.00 bits per heavy atom. The monoisotopic (exact) mass is 314 g/mol. The first kappa shape index (κ1) is 19.0. The van der Waals surface area contributed by atoms with Crippen LogP contribution in [-0.2, 0) is 4.79 Å². The van der Waals surface area contributed by atoms with Crippen molar-refractivity contribution in [1.82, 2.24) is 0 Å². The van der Waals surface area contributed by atoms with Crippen molar-refractivity contribution in [3.8, 4) is 11.8 Å². The van der Waals surface area contributed by atoms with Crippen molar-refractivity contribution in [2.45, 2.75) is 53.6 Å². The van der Waals surface area contributed by atoms with Crippen molar-refractivity contribution in [1.29, 1.82) is 0 Å². The average molecular weight is 314 g/mol. The fourth-order valence-electron chi connectivity index (χ4n) is 2.86. The minimum absolute atomic E-state index is 0.105. The van der Waals surface area contributed by atoms with Crippen molar-refractivity contribution < 1.29 is 15.0 Å². The van der Waals surface area contributed by atoms with E-state index in [1.54, 1.807) is 19.1 Å². The Morgan fingerprint density at radius 1 is 1.35 bits per heavy atom. The average Bonchev–Trinajstić information content (AvgIpc) is 2.35. The first-order valence-electron chi connectivity index (χ1n) is 7.78. The summed E-state index contributed by atoms with van der Waals surface area (Å²) in [7, 11) is 0. The van der Waals surface area contributed by atoms with Crippen LogP contribution in [0.4, 0.5) is 0 Å². The molecular formula is C20H26O3. The van der Waals surface area contributed by atoms with Crippen LogP contribution in [0, 0.1) is 17.3 Å². The van der Waals surface area contributed by atoms with Gasteiger partial charge in [-0.3, -0.25) is 0 Å². The Kier molecular flexibility index (Phi) is 6.60. The number of hydrogen-bond acceptors (Lipinski definition) is 2. The molecule has 3 heteroatoms. The summed E-state index contributed by atoms with van der Waals surface area (Å²) < 4.78 is 0. The summed E-state index contributed by atoms with van der Waals surface area (Å²) in [4.78, 5) is 10.5. The molecule has 124 valence electrons. The van der Waals surface area contributed by atoms with Crippen LogP contribution in [0.1, 0.15) is 47.5 Å². The molecule has 1 aliphatic carbocycles. The Bertz CT molecular complexity index is 646.